The highest BCUT2D eigenvalue weighted by molar-refractivity contribution is 5.52. The molecule has 0 aliphatic carbocycles. The number of ether oxygens (including phenoxy) is 1. The fraction of sp³-hybridized carbons (Fsp3) is 0.250. The van der Waals surface area contributed by atoms with E-state index in [1.54, 1.807) is 12.1 Å². The molecule has 0 fully saturated rings. The zero-order chi connectivity index (χ0) is 15.5. The molecule has 0 saturated heterocycles. The van der Waals surface area contributed by atoms with Crippen LogP contribution in [0.25, 0.3) is 0 Å². The van der Waals surface area contributed by atoms with Crippen molar-refractivity contribution >= 4 is 5.69 Å². The molecular weight excluding hydrogens is 279 g/mol. The first-order chi connectivity index (χ1) is 9.83. The highest BCUT2D eigenvalue weighted by atomic mass is 19.4. The van der Waals surface area contributed by atoms with Gasteiger partial charge in [0.1, 0.15) is 5.75 Å². The predicted molar refractivity (Wildman–Crippen MR) is 76.4 cm³/mol. The Hall–Kier alpha value is -2.17. The van der Waals surface area contributed by atoms with Gasteiger partial charge in [-0.15, -0.1) is 13.2 Å². The van der Waals surface area contributed by atoms with E-state index < -0.39 is 6.36 Å². The highest BCUT2D eigenvalue weighted by Gasteiger charge is 2.30. The van der Waals surface area contributed by atoms with Crippen molar-refractivity contribution in [2.24, 2.45) is 0 Å². The summed E-state index contributed by atoms with van der Waals surface area (Å²) in [6, 6.07) is 11.9. The Morgan fingerprint density at radius 1 is 1.00 bits per heavy atom. The molecule has 0 amide bonds. The van der Waals surface area contributed by atoms with Crippen LogP contribution < -0.4 is 10.1 Å². The van der Waals surface area contributed by atoms with E-state index in [9.17, 15) is 13.2 Å². The minimum absolute atomic E-state index is 0.210. The normalized spacial score (nSPS) is 11.3. The summed E-state index contributed by atoms with van der Waals surface area (Å²) in [5.74, 6) is -0.210. The van der Waals surface area contributed by atoms with Crippen molar-refractivity contribution in [3.63, 3.8) is 0 Å². The van der Waals surface area contributed by atoms with E-state index in [4.69, 9.17) is 0 Å². The van der Waals surface area contributed by atoms with Gasteiger partial charge < -0.3 is 10.1 Å². The second-order valence-corrected chi connectivity index (χ2v) is 4.86. The van der Waals surface area contributed by atoms with Crippen LogP contribution in [0.4, 0.5) is 18.9 Å². The molecule has 0 aliphatic heterocycles. The zero-order valence-corrected chi connectivity index (χ0v) is 11.8. The molecule has 0 bridgehead atoms. The number of hydrogen-bond acceptors (Lipinski definition) is 2. The molecule has 2 rings (SSSR count). The number of halogens is 3. The average Bonchev–Trinajstić information content (AvgIpc) is 2.40. The quantitative estimate of drug-likeness (QED) is 0.873. The van der Waals surface area contributed by atoms with Gasteiger partial charge in [-0.25, -0.2) is 0 Å². The van der Waals surface area contributed by atoms with Crippen LogP contribution >= 0.6 is 0 Å². The van der Waals surface area contributed by atoms with Gasteiger partial charge in [-0.05, 0) is 48.7 Å². The highest BCUT2D eigenvalue weighted by Crippen LogP contribution is 2.23. The van der Waals surface area contributed by atoms with Gasteiger partial charge >= 0.3 is 6.36 Å². The van der Waals surface area contributed by atoms with Crippen molar-refractivity contribution in [3.8, 4) is 5.75 Å². The third-order valence-electron chi connectivity index (χ3n) is 3.03. The van der Waals surface area contributed by atoms with Crippen LogP contribution in [0.1, 0.15) is 16.7 Å². The van der Waals surface area contributed by atoms with Crippen molar-refractivity contribution in [1.29, 1.82) is 0 Å². The monoisotopic (exact) mass is 295 g/mol. The van der Waals surface area contributed by atoms with Crippen molar-refractivity contribution in [2.75, 3.05) is 5.32 Å². The molecule has 2 nitrogen and oxygen atoms in total. The lowest BCUT2D eigenvalue weighted by Gasteiger charge is -2.12. The summed E-state index contributed by atoms with van der Waals surface area (Å²) >= 11 is 0. The summed E-state index contributed by atoms with van der Waals surface area (Å²) in [5.41, 5.74) is 4.17. The number of benzene rings is 2. The lowest BCUT2D eigenvalue weighted by atomic mass is 10.1. The van der Waals surface area contributed by atoms with Crippen LogP contribution in [0, 0.1) is 13.8 Å². The van der Waals surface area contributed by atoms with Gasteiger partial charge in [-0.1, -0.05) is 24.3 Å². The third kappa shape index (κ3) is 4.70. The van der Waals surface area contributed by atoms with E-state index in [-0.39, 0.29) is 5.75 Å². The summed E-state index contributed by atoms with van der Waals surface area (Å²) in [4.78, 5) is 0. The first-order valence-electron chi connectivity index (χ1n) is 6.49. The summed E-state index contributed by atoms with van der Waals surface area (Å²) in [7, 11) is 0. The molecule has 0 spiro atoms. The Labute approximate surface area is 121 Å². The third-order valence-corrected chi connectivity index (χ3v) is 3.03. The molecule has 0 saturated carbocycles. The Kier molecular flexibility index (Phi) is 4.40. The smallest absolute Gasteiger partial charge is 0.406 e. The van der Waals surface area contributed by atoms with Crippen LogP contribution in [-0.4, -0.2) is 6.36 Å². The second kappa shape index (κ2) is 6.08. The number of hydrogen-bond donors (Lipinski definition) is 1. The number of anilines is 1. The van der Waals surface area contributed by atoms with Gasteiger partial charge in [0.2, 0.25) is 0 Å². The van der Waals surface area contributed by atoms with Crippen molar-refractivity contribution < 1.29 is 17.9 Å². The maximum atomic E-state index is 12.1. The molecule has 2 aromatic carbocycles. The van der Waals surface area contributed by atoms with Crippen molar-refractivity contribution in [2.45, 2.75) is 26.8 Å². The lowest BCUT2D eigenvalue weighted by Crippen LogP contribution is -2.17. The Morgan fingerprint density at radius 3 is 2.29 bits per heavy atom. The number of nitrogens with one attached hydrogen (secondary N) is 1. The average molecular weight is 295 g/mol. The zero-order valence-electron chi connectivity index (χ0n) is 11.8. The van der Waals surface area contributed by atoms with E-state index in [1.807, 2.05) is 32.0 Å². The van der Waals surface area contributed by atoms with E-state index in [2.05, 4.69) is 10.1 Å². The summed E-state index contributed by atoms with van der Waals surface area (Å²) in [6.07, 6.45) is -4.65. The maximum Gasteiger partial charge on any atom is 0.573 e. The van der Waals surface area contributed by atoms with Gasteiger partial charge in [-0.3, -0.25) is 0 Å². The summed E-state index contributed by atoms with van der Waals surface area (Å²) in [6.45, 7) is 4.55. The second-order valence-electron chi connectivity index (χ2n) is 4.86. The molecule has 0 atom stereocenters. The SMILES string of the molecule is Cc1ccc(C)c(NCc2ccc(OC(F)(F)F)cc2)c1. The maximum absolute atomic E-state index is 12.1. The first-order valence-corrected chi connectivity index (χ1v) is 6.49. The molecule has 0 unspecified atom stereocenters. The predicted octanol–water partition coefficient (Wildman–Crippen LogP) is 4.81. The van der Waals surface area contributed by atoms with Gasteiger partial charge in [0.05, 0.1) is 0 Å². The minimum Gasteiger partial charge on any atom is -0.406 e. The molecule has 112 valence electrons. The number of alkyl halides is 3. The largest absolute Gasteiger partial charge is 0.573 e. The fourth-order valence-corrected chi connectivity index (χ4v) is 1.93. The first kappa shape index (κ1) is 15.2. The molecule has 0 heterocycles. The number of rotatable bonds is 4. The van der Waals surface area contributed by atoms with Crippen molar-refractivity contribution in [3.05, 3.63) is 59.2 Å². The van der Waals surface area contributed by atoms with Gasteiger partial charge in [0.15, 0.2) is 0 Å². The minimum atomic E-state index is -4.65. The Bertz CT molecular complexity index is 606. The summed E-state index contributed by atoms with van der Waals surface area (Å²) in [5, 5.41) is 3.27. The van der Waals surface area contributed by atoms with Crippen LogP contribution in [0.5, 0.6) is 5.75 Å². The van der Waals surface area contributed by atoms with Crippen molar-refractivity contribution in [1.82, 2.24) is 0 Å². The van der Waals surface area contributed by atoms with Crippen LogP contribution in [0.3, 0.4) is 0 Å². The van der Waals surface area contributed by atoms with E-state index in [0.29, 0.717) is 6.54 Å². The van der Waals surface area contributed by atoms with E-state index >= 15 is 0 Å². The van der Waals surface area contributed by atoms with Gasteiger partial charge in [0.25, 0.3) is 0 Å². The molecule has 0 radical (unpaired) electrons. The van der Waals surface area contributed by atoms with Gasteiger partial charge in [0, 0.05) is 12.2 Å². The molecule has 1 N–H and O–H groups in total. The molecule has 21 heavy (non-hydrogen) atoms. The van der Waals surface area contributed by atoms with Gasteiger partial charge in [-0.2, -0.15) is 0 Å². The standard InChI is InChI=1S/C16H16F3NO/c1-11-3-4-12(2)15(9-11)20-10-13-5-7-14(8-6-13)21-16(17,18)19/h3-9,20H,10H2,1-2H3. The number of aryl methyl sites for hydroxylation is 2. The van der Waals surface area contributed by atoms with E-state index in [0.717, 1.165) is 22.4 Å². The molecular formula is C16H16F3NO. The summed E-state index contributed by atoms with van der Waals surface area (Å²) < 4.78 is 40.0. The van der Waals surface area contributed by atoms with Crippen LogP contribution in [0.2, 0.25) is 0 Å². The lowest BCUT2D eigenvalue weighted by molar-refractivity contribution is -0.274. The van der Waals surface area contributed by atoms with Crippen LogP contribution in [0.15, 0.2) is 42.5 Å². The Balaban J connectivity index is 1.99. The molecule has 2 aromatic rings. The van der Waals surface area contributed by atoms with E-state index in [1.165, 1.54) is 12.1 Å². The Morgan fingerprint density at radius 2 is 1.67 bits per heavy atom. The molecule has 5 heteroatoms. The molecule has 0 aromatic heterocycles. The van der Waals surface area contributed by atoms with Crippen LogP contribution in [-0.2, 0) is 6.54 Å². The topological polar surface area (TPSA) is 21.3 Å². The molecule has 0 aliphatic rings. The fourth-order valence-electron chi connectivity index (χ4n) is 1.93.